The number of alkyl halides is 2. The molecule has 2 aromatic rings. The first-order valence-corrected chi connectivity index (χ1v) is 16.2. The standard InChI is InChI=1S/C34H48F2N4O4/c1-7-40(25-8-10-34(35,36)11-9-25)31-16-28(44-27-13-26(14-27)39-18-22(4)43-23(5)19-39)15-29(24(31)6)32(41)37-17-30-20(2)12-21(3)38-33(30)42/h12,15-16,22-23,25-27H,7-11,13-14,17-19H2,1-6H3,(H,37,41)(H,38,42)/t22-,23+,26?,27?. The Labute approximate surface area is 259 Å². The van der Waals surface area contributed by atoms with Gasteiger partial charge in [0.2, 0.25) is 5.92 Å². The molecule has 3 fully saturated rings. The largest absolute Gasteiger partial charge is 0.490 e. The number of carbonyl (C=O) groups excluding carboxylic acids is 1. The quantitative estimate of drug-likeness (QED) is 0.380. The van der Waals surface area contributed by atoms with Crippen molar-refractivity contribution >= 4 is 11.6 Å². The summed E-state index contributed by atoms with van der Waals surface area (Å²) in [6, 6.07) is 6.04. The summed E-state index contributed by atoms with van der Waals surface area (Å²) in [4.78, 5) is 33.7. The summed E-state index contributed by atoms with van der Waals surface area (Å²) in [5.41, 5.74) is 3.95. The topological polar surface area (TPSA) is 86.9 Å². The third kappa shape index (κ3) is 7.28. The minimum absolute atomic E-state index is 0.0251. The monoisotopic (exact) mass is 614 g/mol. The van der Waals surface area contributed by atoms with E-state index in [4.69, 9.17) is 9.47 Å². The maximum atomic E-state index is 14.0. The molecule has 1 saturated heterocycles. The Balaban J connectivity index is 1.37. The van der Waals surface area contributed by atoms with E-state index >= 15 is 0 Å². The first-order chi connectivity index (χ1) is 20.8. The number of morpholine rings is 1. The molecule has 1 amide bonds. The number of hydrogen-bond donors (Lipinski definition) is 2. The zero-order valence-electron chi connectivity index (χ0n) is 27.0. The average Bonchev–Trinajstić information content (AvgIpc) is 2.91. The second-order valence-electron chi connectivity index (χ2n) is 13.2. The van der Waals surface area contributed by atoms with Gasteiger partial charge in [-0.1, -0.05) is 0 Å². The first kappa shape index (κ1) is 32.4. The van der Waals surface area contributed by atoms with Crippen LogP contribution in [0.25, 0.3) is 0 Å². The number of aryl methyl sites for hydroxylation is 2. The van der Waals surface area contributed by atoms with E-state index in [1.54, 1.807) is 6.07 Å². The number of amides is 1. The lowest BCUT2D eigenvalue weighted by Crippen LogP contribution is -2.56. The molecule has 0 bridgehead atoms. The fraction of sp³-hybridized carbons (Fsp3) is 0.647. The number of hydrogen-bond acceptors (Lipinski definition) is 6. The summed E-state index contributed by atoms with van der Waals surface area (Å²) in [5.74, 6) is -2.32. The summed E-state index contributed by atoms with van der Waals surface area (Å²) in [6.07, 6.45) is 2.75. The molecule has 242 valence electrons. The number of pyridine rings is 1. The predicted octanol–water partition coefficient (Wildman–Crippen LogP) is 5.65. The molecule has 2 N–H and O–H groups in total. The van der Waals surface area contributed by atoms with Crippen molar-refractivity contribution in [3.05, 3.63) is 56.5 Å². The van der Waals surface area contributed by atoms with Crippen molar-refractivity contribution in [3.63, 3.8) is 0 Å². The van der Waals surface area contributed by atoms with Crippen LogP contribution in [0.15, 0.2) is 23.0 Å². The van der Waals surface area contributed by atoms with Crippen LogP contribution in [0.3, 0.4) is 0 Å². The van der Waals surface area contributed by atoms with Crippen LogP contribution in [0.2, 0.25) is 0 Å². The van der Waals surface area contributed by atoms with Gasteiger partial charge >= 0.3 is 0 Å². The number of aromatic amines is 1. The van der Waals surface area contributed by atoms with Gasteiger partial charge in [-0.2, -0.15) is 0 Å². The van der Waals surface area contributed by atoms with Crippen molar-refractivity contribution in [1.29, 1.82) is 0 Å². The molecule has 0 radical (unpaired) electrons. The van der Waals surface area contributed by atoms with Gasteiger partial charge in [0.05, 0.1) is 12.2 Å². The van der Waals surface area contributed by atoms with Crippen molar-refractivity contribution in [2.24, 2.45) is 0 Å². The van der Waals surface area contributed by atoms with Crippen molar-refractivity contribution in [1.82, 2.24) is 15.2 Å². The summed E-state index contributed by atoms with van der Waals surface area (Å²) in [6.45, 7) is 14.4. The van der Waals surface area contributed by atoms with Gasteiger partial charge < -0.3 is 24.7 Å². The SMILES string of the molecule is CCN(c1cc(OC2CC(N3C[C@@H](C)O[C@@H](C)C3)C2)cc(C(=O)NCc2c(C)cc(C)[nH]c2=O)c1C)C1CCC(F)(F)CC1. The highest BCUT2D eigenvalue weighted by atomic mass is 19.3. The third-order valence-corrected chi connectivity index (χ3v) is 9.63. The number of benzene rings is 1. The second-order valence-corrected chi connectivity index (χ2v) is 13.2. The normalized spacial score (nSPS) is 25.7. The van der Waals surface area contributed by atoms with E-state index in [1.165, 1.54) is 0 Å². The van der Waals surface area contributed by atoms with Crippen molar-refractivity contribution in [2.75, 3.05) is 24.5 Å². The van der Waals surface area contributed by atoms with Crippen molar-refractivity contribution in [3.8, 4) is 5.75 Å². The molecule has 5 rings (SSSR count). The van der Waals surface area contributed by atoms with Gasteiger partial charge in [0, 0.05) is 92.5 Å². The molecule has 1 aromatic carbocycles. The Kier molecular flexibility index (Phi) is 9.70. The van der Waals surface area contributed by atoms with Crippen LogP contribution in [-0.2, 0) is 11.3 Å². The Bertz CT molecular complexity index is 1390. The van der Waals surface area contributed by atoms with Gasteiger partial charge in [-0.15, -0.1) is 0 Å². The summed E-state index contributed by atoms with van der Waals surface area (Å²) in [7, 11) is 0. The molecule has 3 aliphatic rings. The molecule has 2 saturated carbocycles. The summed E-state index contributed by atoms with van der Waals surface area (Å²) < 4.78 is 40.5. The van der Waals surface area contributed by atoms with E-state index in [0.717, 1.165) is 48.4 Å². The molecule has 1 aromatic heterocycles. The Hall–Kier alpha value is -2.98. The Morgan fingerprint density at radius 1 is 1.11 bits per heavy atom. The van der Waals surface area contributed by atoms with E-state index in [0.29, 0.717) is 42.3 Å². The van der Waals surface area contributed by atoms with Gasteiger partial charge in [0.15, 0.2) is 0 Å². The van der Waals surface area contributed by atoms with Crippen molar-refractivity contribution < 1.29 is 23.0 Å². The Morgan fingerprint density at radius 2 is 1.77 bits per heavy atom. The van der Waals surface area contributed by atoms with Gasteiger partial charge in [-0.3, -0.25) is 14.5 Å². The van der Waals surface area contributed by atoms with Gasteiger partial charge in [0.25, 0.3) is 11.5 Å². The smallest absolute Gasteiger partial charge is 0.253 e. The highest BCUT2D eigenvalue weighted by molar-refractivity contribution is 5.97. The number of nitrogens with zero attached hydrogens (tertiary/aromatic N) is 2. The van der Waals surface area contributed by atoms with Crippen molar-refractivity contribution in [2.45, 2.75) is 123 Å². The highest BCUT2D eigenvalue weighted by Gasteiger charge is 2.39. The third-order valence-electron chi connectivity index (χ3n) is 9.63. The van der Waals surface area contributed by atoms with Crippen LogP contribution in [0.1, 0.15) is 92.0 Å². The van der Waals surface area contributed by atoms with E-state index in [2.05, 4.69) is 33.9 Å². The van der Waals surface area contributed by atoms with E-state index in [-0.39, 0.29) is 55.2 Å². The van der Waals surface area contributed by atoms with E-state index in [9.17, 15) is 18.4 Å². The first-order valence-electron chi connectivity index (χ1n) is 16.2. The molecular formula is C34H48F2N4O4. The van der Waals surface area contributed by atoms with Gasteiger partial charge in [-0.05, 0) is 77.6 Å². The average molecular weight is 615 g/mol. The number of aromatic nitrogens is 1. The minimum atomic E-state index is -2.62. The molecule has 8 nitrogen and oxygen atoms in total. The van der Waals surface area contributed by atoms with Crippen LogP contribution in [0.4, 0.5) is 14.5 Å². The van der Waals surface area contributed by atoms with Crippen LogP contribution >= 0.6 is 0 Å². The number of ether oxygens (including phenoxy) is 2. The zero-order chi connectivity index (χ0) is 31.8. The maximum Gasteiger partial charge on any atom is 0.253 e. The molecule has 2 heterocycles. The van der Waals surface area contributed by atoms with Crippen LogP contribution in [0.5, 0.6) is 5.75 Å². The summed E-state index contributed by atoms with van der Waals surface area (Å²) in [5, 5.41) is 2.95. The fourth-order valence-corrected chi connectivity index (χ4v) is 7.24. The Morgan fingerprint density at radius 3 is 2.39 bits per heavy atom. The lowest BCUT2D eigenvalue weighted by atomic mass is 9.87. The van der Waals surface area contributed by atoms with Crippen LogP contribution < -0.4 is 20.5 Å². The minimum Gasteiger partial charge on any atom is -0.490 e. The number of anilines is 1. The molecule has 10 heteroatoms. The zero-order valence-corrected chi connectivity index (χ0v) is 27.0. The van der Waals surface area contributed by atoms with Gasteiger partial charge in [0.1, 0.15) is 11.9 Å². The molecule has 0 spiro atoms. The number of halogens is 2. The molecular weight excluding hydrogens is 566 g/mol. The molecule has 2 aliphatic carbocycles. The number of H-pyrrole nitrogens is 1. The number of carbonyl (C=O) groups is 1. The number of nitrogens with one attached hydrogen (secondary N) is 2. The predicted molar refractivity (Wildman–Crippen MR) is 168 cm³/mol. The maximum absolute atomic E-state index is 14.0. The summed E-state index contributed by atoms with van der Waals surface area (Å²) >= 11 is 0. The second kappa shape index (κ2) is 13.2. The lowest BCUT2D eigenvalue weighted by molar-refractivity contribution is -0.103. The molecule has 44 heavy (non-hydrogen) atoms. The number of rotatable bonds is 9. The van der Waals surface area contributed by atoms with Crippen LogP contribution in [0, 0.1) is 20.8 Å². The van der Waals surface area contributed by atoms with Crippen LogP contribution in [-0.4, -0.2) is 71.7 Å². The highest BCUT2D eigenvalue weighted by Crippen LogP contribution is 2.40. The fourth-order valence-electron chi connectivity index (χ4n) is 7.24. The van der Waals surface area contributed by atoms with E-state index < -0.39 is 5.92 Å². The van der Waals surface area contributed by atoms with Gasteiger partial charge in [-0.25, -0.2) is 8.78 Å². The molecule has 2 atom stereocenters. The van der Waals surface area contributed by atoms with E-state index in [1.807, 2.05) is 39.8 Å². The molecule has 0 unspecified atom stereocenters. The molecule has 1 aliphatic heterocycles. The lowest BCUT2D eigenvalue weighted by Gasteiger charge is -2.47.